The van der Waals surface area contributed by atoms with Gasteiger partial charge >= 0.3 is 0 Å². The smallest absolute Gasteiger partial charge is 0.0108 e. The average molecular weight is 259 g/mol. The first-order chi connectivity index (χ1) is 8.79. The second-order valence-corrected chi connectivity index (χ2v) is 7.49. The highest BCUT2D eigenvalue weighted by Gasteiger charge is 2.35. The van der Waals surface area contributed by atoms with E-state index in [2.05, 4.69) is 52.8 Å². The van der Waals surface area contributed by atoms with E-state index in [4.69, 9.17) is 5.73 Å². The summed E-state index contributed by atoms with van der Waals surface area (Å²) in [5.74, 6) is 1.33. The van der Waals surface area contributed by atoms with Crippen molar-refractivity contribution in [2.75, 3.05) is 0 Å². The highest BCUT2D eigenvalue weighted by molar-refractivity contribution is 5.33. The van der Waals surface area contributed by atoms with Crippen molar-refractivity contribution in [2.24, 2.45) is 17.1 Å². The summed E-state index contributed by atoms with van der Waals surface area (Å²) in [7, 11) is 0. The van der Waals surface area contributed by atoms with Gasteiger partial charge in [0.2, 0.25) is 0 Å². The minimum Gasteiger partial charge on any atom is -0.327 e. The minimum atomic E-state index is 0.334. The van der Waals surface area contributed by atoms with Gasteiger partial charge in [0.05, 0.1) is 0 Å². The monoisotopic (exact) mass is 259 g/mol. The second kappa shape index (κ2) is 5.28. The average Bonchev–Trinajstić information content (AvgIpc) is 2.32. The van der Waals surface area contributed by atoms with Crippen LogP contribution in [0.15, 0.2) is 18.2 Å². The zero-order valence-corrected chi connectivity index (χ0v) is 13.2. The Hall–Kier alpha value is -0.820. The maximum atomic E-state index is 6.40. The second-order valence-electron chi connectivity index (χ2n) is 7.49. The molecule has 2 N–H and O–H groups in total. The maximum absolute atomic E-state index is 6.40. The number of rotatable bonds is 1. The molecule has 1 nitrogen and oxygen atoms in total. The van der Waals surface area contributed by atoms with Crippen LogP contribution in [0.2, 0.25) is 0 Å². The molecule has 106 valence electrons. The van der Waals surface area contributed by atoms with E-state index < -0.39 is 0 Å². The van der Waals surface area contributed by atoms with Crippen LogP contribution < -0.4 is 5.73 Å². The molecular weight excluding hydrogens is 230 g/mol. The highest BCUT2D eigenvalue weighted by Crippen LogP contribution is 2.43. The van der Waals surface area contributed by atoms with Crippen molar-refractivity contribution in [3.63, 3.8) is 0 Å². The summed E-state index contributed by atoms with van der Waals surface area (Å²) in [4.78, 5) is 0. The van der Waals surface area contributed by atoms with E-state index in [9.17, 15) is 0 Å². The predicted octanol–water partition coefficient (Wildman–Crippen LogP) is 4.56. The van der Waals surface area contributed by atoms with E-state index in [1.165, 1.54) is 36.0 Å². The molecule has 1 aliphatic rings. The van der Waals surface area contributed by atoms with Crippen LogP contribution in [0.1, 0.15) is 62.6 Å². The van der Waals surface area contributed by atoms with Gasteiger partial charge < -0.3 is 5.73 Å². The third kappa shape index (κ3) is 3.20. The van der Waals surface area contributed by atoms with Crippen LogP contribution in [0.5, 0.6) is 0 Å². The lowest BCUT2D eigenvalue weighted by Crippen LogP contribution is -2.38. The molecule has 0 bridgehead atoms. The molecule has 1 fully saturated rings. The molecule has 3 unspecified atom stereocenters. The van der Waals surface area contributed by atoms with Crippen molar-refractivity contribution >= 4 is 0 Å². The van der Waals surface area contributed by atoms with Gasteiger partial charge in [0.1, 0.15) is 0 Å². The Labute approximate surface area is 118 Å². The fourth-order valence-corrected chi connectivity index (χ4v) is 3.36. The van der Waals surface area contributed by atoms with Crippen LogP contribution in [0.3, 0.4) is 0 Å². The lowest BCUT2D eigenvalue weighted by molar-refractivity contribution is 0.154. The SMILES string of the molecule is Cc1ccc(C2CC(C(C)(C)C)CCC2N)cc1C. The van der Waals surface area contributed by atoms with Crippen molar-refractivity contribution in [2.45, 2.75) is 65.8 Å². The molecule has 19 heavy (non-hydrogen) atoms. The summed E-state index contributed by atoms with van der Waals surface area (Å²) in [5.41, 5.74) is 11.0. The molecule has 0 heterocycles. The van der Waals surface area contributed by atoms with Crippen molar-refractivity contribution < 1.29 is 0 Å². The molecule has 0 radical (unpaired) electrons. The van der Waals surface area contributed by atoms with Gasteiger partial charge in [-0.3, -0.25) is 0 Å². The van der Waals surface area contributed by atoms with Crippen LogP contribution >= 0.6 is 0 Å². The molecule has 1 saturated carbocycles. The van der Waals surface area contributed by atoms with Crippen LogP contribution in [-0.4, -0.2) is 6.04 Å². The third-order valence-electron chi connectivity index (χ3n) is 5.09. The first-order valence-corrected chi connectivity index (χ1v) is 7.62. The van der Waals surface area contributed by atoms with Crippen molar-refractivity contribution in [1.82, 2.24) is 0 Å². The van der Waals surface area contributed by atoms with Crippen LogP contribution in [0.4, 0.5) is 0 Å². The topological polar surface area (TPSA) is 26.0 Å². The lowest BCUT2D eigenvalue weighted by atomic mass is 9.66. The first kappa shape index (κ1) is 14.6. The molecule has 2 rings (SSSR count). The van der Waals surface area contributed by atoms with Gasteiger partial charge in [0.15, 0.2) is 0 Å². The van der Waals surface area contributed by atoms with Crippen molar-refractivity contribution in [3.05, 3.63) is 34.9 Å². The molecule has 1 aromatic rings. The predicted molar refractivity (Wildman–Crippen MR) is 83.4 cm³/mol. The normalized spacial score (nSPS) is 28.4. The lowest BCUT2D eigenvalue weighted by Gasteiger charge is -2.41. The number of nitrogens with two attached hydrogens (primary N) is 1. The summed E-state index contributed by atoms with van der Waals surface area (Å²) >= 11 is 0. The summed E-state index contributed by atoms with van der Waals surface area (Å²) in [6.45, 7) is 11.5. The zero-order valence-electron chi connectivity index (χ0n) is 13.2. The Morgan fingerprint density at radius 1 is 1.05 bits per heavy atom. The molecule has 3 atom stereocenters. The zero-order chi connectivity index (χ0) is 14.2. The van der Waals surface area contributed by atoms with E-state index in [1.807, 2.05) is 0 Å². The van der Waals surface area contributed by atoms with E-state index in [0.29, 0.717) is 17.4 Å². The quantitative estimate of drug-likeness (QED) is 0.786. The largest absolute Gasteiger partial charge is 0.327 e. The standard InChI is InChI=1S/C18H29N/c1-12-6-7-14(10-13(12)2)16-11-15(18(3,4)5)8-9-17(16)19/h6-7,10,15-17H,8-9,11,19H2,1-5H3. The Morgan fingerprint density at radius 3 is 2.32 bits per heavy atom. The molecule has 0 saturated heterocycles. The molecular formula is C18H29N. The van der Waals surface area contributed by atoms with Crippen LogP contribution in [0, 0.1) is 25.2 Å². The number of hydrogen-bond donors (Lipinski definition) is 1. The Balaban J connectivity index is 2.23. The highest BCUT2D eigenvalue weighted by atomic mass is 14.7. The summed E-state index contributed by atoms with van der Waals surface area (Å²) < 4.78 is 0. The van der Waals surface area contributed by atoms with E-state index in [0.717, 1.165) is 5.92 Å². The number of hydrogen-bond acceptors (Lipinski definition) is 1. The molecule has 1 aromatic carbocycles. The third-order valence-corrected chi connectivity index (χ3v) is 5.09. The van der Waals surface area contributed by atoms with Gasteiger partial charge in [-0.1, -0.05) is 39.0 Å². The summed E-state index contributed by atoms with van der Waals surface area (Å²) in [5, 5.41) is 0. The van der Waals surface area contributed by atoms with E-state index in [1.54, 1.807) is 0 Å². The molecule has 0 spiro atoms. The van der Waals surface area contributed by atoms with Gasteiger partial charge in [-0.2, -0.15) is 0 Å². The number of benzene rings is 1. The Bertz CT molecular complexity index is 441. The summed E-state index contributed by atoms with van der Waals surface area (Å²) in [6.07, 6.45) is 3.69. The van der Waals surface area contributed by atoms with Crippen molar-refractivity contribution in [3.8, 4) is 0 Å². The number of aryl methyl sites for hydroxylation is 2. The van der Waals surface area contributed by atoms with E-state index >= 15 is 0 Å². The van der Waals surface area contributed by atoms with Crippen LogP contribution in [0.25, 0.3) is 0 Å². The van der Waals surface area contributed by atoms with Gasteiger partial charge in [0, 0.05) is 6.04 Å². The van der Waals surface area contributed by atoms with E-state index in [-0.39, 0.29) is 0 Å². The van der Waals surface area contributed by atoms with Crippen LogP contribution in [-0.2, 0) is 0 Å². The molecule has 1 heteroatoms. The minimum absolute atomic E-state index is 0.334. The fraction of sp³-hybridized carbons (Fsp3) is 0.667. The van der Waals surface area contributed by atoms with Gasteiger partial charge in [-0.25, -0.2) is 0 Å². The van der Waals surface area contributed by atoms with Gasteiger partial charge in [-0.15, -0.1) is 0 Å². The van der Waals surface area contributed by atoms with Crippen molar-refractivity contribution in [1.29, 1.82) is 0 Å². The van der Waals surface area contributed by atoms with Gasteiger partial charge in [0.25, 0.3) is 0 Å². The summed E-state index contributed by atoms with van der Waals surface area (Å²) in [6, 6.07) is 7.22. The molecule has 0 amide bonds. The Kier molecular flexibility index (Phi) is 4.06. The fourth-order valence-electron chi connectivity index (χ4n) is 3.36. The molecule has 0 aromatic heterocycles. The molecule has 1 aliphatic carbocycles. The molecule has 0 aliphatic heterocycles. The maximum Gasteiger partial charge on any atom is 0.0108 e. The Morgan fingerprint density at radius 2 is 1.74 bits per heavy atom. The van der Waals surface area contributed by atoms with Gasteiger partial charge in [-0.05, 0) is 67.1 Å². The first-order valence-electron chi connectivity index (χ1n) is 7.62.